The molecule has 1 aromatic carbocycles. The van der Waals surface area contributed by atoms with Crippen molar-refractivity contribution in [2.75, 3.05) is 19.6 Å². The van der Waals surface area contributed by atoms with Crippen molar-refractivity contribution in [2.45, 2.75) is 57.9 Å². The van der Waals surface area contributed by atoms with E-state index in [1.54, 1.807) is 24.3 Å². The second-order valence-electron chi connectivity index (χ2n) is 7.03. The molecule has 0 saturated heterocycles. The Morgan fingerprint density at radius 3 is 2.12 bits per heavy atom. The number of hydrogen-bond acceptors (Lipinski definition) is 3. The van der Waals surface area contributed by atoms with Crippen molar-refractivity contribution in [3.63, 3.8) is 0 Å². The van der Waals surface area contributed by atoms with Crippen LogP contribution < -0.4 is 0 Å². The fourth-order valence-corrected chi connectivity index (χ4v) is 4.34. The predicted molar refractivity (Wildman–Crippen MR) is 100 cm³/mol. The highest BCUT2D eigenvalue weighted by Crippen LogP contribution is 2.29. The summed E-state index contributed by atoms with van der Waals surface area (Å²) in [5.74, 6) is 0.561. The molecular formula is C19H30N2O3S. The highest BCUT2D eigenvalue weighted by Gasteiger charge is 2.33. The first-order valence-corrected chi connectivity index (χ1v) is 10.7. The smallest absolute Gasteiger partial charge is 0.254 e. The highest BCUT2D eigenvalue weighted by molar-refractivity contribution is 7.89. The quantitative estimate of drug-likeness (QED) is 0.673. The van der Waals surface area contributed by atoms with Gasteiger partial charge in [0.2, 0.25) is 10.0 Å². The fourth-order valence-electron chi connectivity index (χ4n) is 2.88. The standard InChI is InChI=1S/C19H30N2O3S/c1-5-20(6-2)25(23,24)18-11-7-16(8-12-18)19(22)21(17-9-10-17)14-13-15(3)4/h7-8,11-12,15,17H,5-6,9-10,13-14H2,1-4H3. The van der Waals surface area contributed by atoms with Gasteiger partial charge in [0, 0.05) is 31.2 Å². The van der Waals surface area contributed by atoms with E-state index in [1.165, 1.54) is 4.31 Å². The van der Waals surface area contributed by atoms with Crippen molar-refractivity contribution in [1.82, 2.24) is 9.21 Å². The van der Waals surface area contributed by atoms with Crippen LogP contribution in [-0.2, 0) is 10.0 Å². The van der Waals surface area contributed by atoms with Crippen LogP contribution in [0.15, 0.2) is 29.2 Å². The number of sulfonamides is 1. The SMILES string of the molecule is CCN(CC)S(=O)(=O)c1ccc(C(=O)N(CCC(C)C)C2CC2)cc1. The van der Waals surface area contributed by atoms with Crippen LogP contribution in [0.2, 0.25) is 0 Å². The predicted octanol–water partition coefficient (Wildman–Crippen LogP) is 3.37. The Bertz CT molecular complexity index is 675. The number of nitrogens with zero attached hydrogens (tertiary/aromatic N) is 2. The summed E-state index contributed by atoms with van der Waals surface area (Å²) in [4.78, 5) is 15.0. The molecule has 1 saturated carbocycles. The normalized spacial score (nSPS) is 15.0. The zero-order chi connectivity index (χ0) is 18.6. The van der Waals surface area contributed by atoms with E-state index in [1.807, 2.05) is 18.7 Å². The van der Waals surface area contributed by atoms with Gasteiger partial charge in [0.25, 0.3) is 5.91 Å². The Balaban J connectivity index is 2.16. The van der Waals surface area contributed by atoms with E-state index in [9.17, 15) is 13.2 Å². The first-order valence-electron chi connectivity index (χ1n) is 9.22. The lowest BCUT2D eigenvalue weighted by molar-refractivity contribution is 0.0735. The van der Waals surface area contributed by atoms with E-state index in [4.69, 9.17) is 0 Å². The molecule has 1 aliphatic rings. The number of benzene rings is 1. The first kappa shape index (κ1) is 19.9. The van der Waals surface area contributed by atoms with Crippen molar-refractivity contribution in [3.8, 4) is 0 Å². The van der Waals surface area contributed by atoms with Crippen molar-refractivity contribution < 1.29 is 13.2 Å². The lowest BCUT2D eigenvalue weighted by atomic mass is 10.1. The third-order valence-corrected chi connectivity index (χ3v) is 6.70. The number of carbonyl (C=O) groups is 1. The van der Waals surface area contributed by atoms with Crippen molar-refractivity contribution >= 4 is 15.9 Å². The van der Waals surface area contributed by atoms with Gasteiger partial charge in [-0.2, -0.15) is 4.31 Å². The number of hydrogen-bond donors (Lipinski definition) is 0. The largest absolute Gasteiger partial charge is 0.336 e. The van der Waals surface area contributed by atoms with Gasteiger partial charge in [-0.1, -0.05) is 27.7 Å². The average Bonchev–Trinajstić information content (AvgIpc) is 3.40. The number of rotatable bonds is 9. The van der Waals surface area contributed by atoms with Gasteiger partial charge in [-0.05, 0) is 49.4 Å². The molecule has 2 rings (SSSR count). The van der Waals surface area contributed by atoms with Crippen LogP contribution >= 0.6 is 0 Å². The van der Waals surface area contributed by atoms with Gasteiger partial charge in [-0.3, -0.25) is 4.79 Å². The van der Waals surface area contributed by atoms with Gasteiger partial charge in [-0.25, -0.2) is 8.42 Å². The summed E-state index contributed by atoms with van der Waals surface area (Å²) in [7, 11) is -3.48. The van der Waals surface area contributed by atoms with Crippen molar-refractivity contribution in [2.24, 2.45) is 5.92 Å². The lowest BCUT2D eigenvalue weighted by Crippen LogP contribution is -2.34. The summed E-state index contributed by atoms with van der Waals surface area (Å²) in [6.45, 7) is 9.59. The van der Waals surface area contributed by atoms with Crippen LogP contribution in [0.1, 0.15) is 57.3 Å². The molecule has 0 unspecified atom stereocenters. The summed E-state index contributed by atoms with van der Waals surface area (Å²) >= 11 is 0. The van der Waals surface area contributed by atoms with E-state index in [0.29, 0.717) is 30.6 Å². The molecule has 0 spiro atoms. The zero-order valence-electron chi connectivity index (χ0n) is 15.7. The summed E-state index contributed by atoms with van der Waals surface area (Å²) in [5, 5.41) is 0. The molecule has 140 valence electrons. The van der Waals surface area contributed by atoms with Crippen molar-refractivity contribution in [1.29, 1.82) is 0 Å². The minimum absolute atomic E-state index is 0.00920. The molecule has 0 atom stereocenters. The summed E-state index contributed by atoms with van der Waals surface area (Å²) in [6.07, 6.45) is 3.12. The Morgan fingerprint density at radius 2 is 1.68 bits per heavy atom. The monoisotopic (exact) mass is 366 g/mol. The molecular weight excluding hydrogens is 336 g/mol. The Kier molecular flexibility index (Phi) is 6.63. The van der Waals surface area contributed by atoms with E-state index >= 15 is 0 Å². The molecule has 0 heterocycles. The Hall–Kier alpha value is -1.40. The molecule has 0 aliphatic heterocycles. The van der Waals surface area contributed by atoms with Crippen LogP contribution in [0.4, 0.5) is 0 Å². The van der Waals surface area contributed by atoms with Gasteiger partial charge in [0.1, 0.15) is 0 Å². The second kappa shape index (κ2) is 8.32. The Morgan fingerprint density at radius 1 is 1.12 bits per heavy atom. The maximum absolute atomic E-state index is 12.8. The van der Waals surface area contributed by atoms with Gasteiger partial charge >= 0.3 is 0 Å². The molecule has 0 bridgehead atoms. The van der Waals surface area contributed by atoms with Crippen LogP contribution in [0.25, 0.3) is 0 Å². The highest BCUT2D eigenvalue weighted by atomic mass is 32.2. The van der Waals surface area contributed by atoms with Crippen LogP contribution in [0.3, 0.4) is 0 Å². The molecule has 5 nitrogen and oxygen atoms in total. The number of carbonyl (C=O) groups excluding carboxylic acids is 1. The molecule has 6 heteroatoms. The fraction of sp³-hybridized carbons (Fsp3) is 0.632. The Labute approximate surface area is 152 Å². The lowest BCUT2D eigenvalue weighted by Gasteiger charge is -2.24. The summed E-state index contributed by atoms with van der Waals surface area (Å²) in [5.41, 5.74) is 0.564. The summed E-state index contributed by atoms with van der Waals surface area (Å²) in [6, 6.07) is 6.74. The van der Waals surface area contributed by atoms with E-state index in [2.05, 4.69) is 13.8 Å². The van der Waals surface area contributed by atoms with Gasteiger partial charge < -0.3 is 4.90 Å². The molecule has 0 N–H and O–H groups in total. The third kappa shape index (κ3) is 4.82. The van der Waals surface area contributed by atoms with E-state index in [-0.39, 0.29) is 10.8 Å². The van der Waals surface area contributed by atoms with Crippen molar-refractivity contribution in [3.05, 3.63) is 29.8 Å². The minimum atomic E-state index is -3.48. The van der Waals surface area contributed by atoms with Gasteiger partial charge in [0.05, 0.1) is 4.90 Å². The zero-order valence-corrected chi connectivity index (χ0v) is 16.6. The van der Waals surface area contributed by atoms with E-state index < -0.39 is 10.0 Å². The minimum Gasteiger partial charge on any atom is -0.336 e. The molecule has 1 aliphatic carbocycles. The first-order chi connectivity index (χ1) is 11.8. The van der Waals surface area contributed by atoms with Crippen LogP contribution in [0, 0.1) is 5.92 Å². The summed E-state index contributed by atoms with van der Waals surface area (Å²) < 4.78 is 26.5. The van der Waals surface area contributed by atoms with Crippen LogP contribution in [-0.4, -0.2) is 49.2 Å². The third-order valence-electron chi connectivity index (χ3n) is 4.64. The maximum atomic E-state index is 12.8. The second-order valence-corrected chi connectivity index (χ2v) is 8.96. The van der Waals surface area contributed by atoms with E-state index in [0.717, 1.165) is 25.8 Å². The number of amides is 1. The molecule has 0 radical (unpaired) electrons. The molecule has 1 amide bonds. The topological polar surface area (TPSA) is 57.7 Å². The molecule has 1 fully saturated rings. The van der Waals surface area contributed by atoms with Gasteiger partial charge in [-0.15, -0.1) is 0 Å². The van der Waals surface area contributed by atoms with Gasteiger partial charge in [0.15, 0.2) is 0 Å². The average molecular weight is 367 g/mol. The molecule has 1 aromatic rings. The molecule has 25 heavy (non-hydrogen) atoms. The molecule has 0 aromatic heterocycles. The van der Waals surface area contributed by atoms with Crippen LogP contribution in [0.5, 0.6) is 0 Å². The maximum Gasteiger partial charge on any atom is 0.254 e.